The first-order chi connectivity index (χ1) is 25.8. The van der Waals surface area contributed by atoms with Crippen LogP contribution in [0.1, 0.15) is 30.4 Å². The van der Waals surface area contributed by atoms with Gasteiger partial charge in [0.05, 0.1) is 19.2 Å². The van der Waals surface area contributed by atoms with E-state index in [9.17, 15) is 49.5 Å². The van der Waals surface area contributed by atoms with Gasteiger partial charge < -0.3 is 62.2 Å². The van der Waals surface area contributed by atoms with Crippen LogP contribution in [0.3, 0.4) is 0 Å². The third-order valence-corrected chi connectivity index (χ3v) is 9.97. The minimum absolute atomic E-state index is 0.0578. The Hall–Kier alpha value is -4.30. The molecule has 0 radical (unpaired) electrons. The van der Waals surface area contributed by atoms with Crippen molar-refractivity contribution in [3.63, 3.8) is 0 Å². The van der Waals surface area contributed by atoms with Crippen molar-refractivity contribution in [2.45, 2.75) is 86.9 Å². The fourth-order valence-corrected chi connectivity index (χ4v) is 6.78. The summed E-state index contributed by atoms with van der Waals surface area (Å²) in [6, 6.07) is 10.9. The van der Waals surface area contributed by atoms with Crippen molar-refractivity contribution in [1.82, 2.24) is 26.2 Å². The predicted molar refractivity (Wildman–Crippen MR) is 196 cm³/mol. The number of benzene rings is 2. The topological polar surface area (TPSA) is 273 Å². The highest BCUT2D eigenvalue weighted by atomic mass is 32.2. The molecular weight excluding hydrogens is 724 g/mol. The summed E-state index contributed by atoms with van der Waals surface area (Å²) in [5.74, 6) is -2.58. The number of carbonyl (C=O) groups excluding carboxylic acids is 5. The zero-order valence-electron chi connectivity index (χ0n) is 29.9. The van der Waals surface area contributed by atoms with E-state index in [2.05, 4.69) is 21.3 Å². The van der Waals surface area contributed by atoms with Gasteiger partial charge in [-0.05, 0) is 61.0 Å². The van der Waals surface area contributed by atoms with Crippen LogP contribution in [0.15, 0.2) is 54.6 Å². The van der Waals surface area contributed by atoms with Gasteiger partial charge in [0.25, 0.3) is 0 Å². The van der Waals surface area contributed by atoms with Gasteiger partial charge in [-0.1, -0.05) is 42.5 Å². The summed E-state index contributed by atoms with van der Waals surface area (Å²) >= 11 is 1.46. The summed E-state index contributed by atoms with van der Waals surface area (Å²) in [5.41, 5.74) is 7.53. The molecule has 54 heavy (non-hydrogen) atoms. The van der Waals surface area contributed by atoms with Crippen LogP contribution in [-0.4, -0.2) is 146 Å². The van der Waals surface area contributed by atoms with Crippen LogP contribution in [0.5, 0.6) is 5.75 Å². The Balaban J connectivity index is 1.39. The molecule has 0 aliphatic carbocycles. The summed E-state index contributed by atoms with van der Waals surface area (Å²) in [6.07, 6.45) is -4.75. The van der Waals surface area contributed by atoms with Crippen LogP contribution in [0, 0.1) is 0 Å². The maximum atomic E-state index is 14.0. The van der Waals surface area contributed by atoms with E-state index >= 15 is 0 Å². The van der Waals surface area contributed by atoms with Crippen molar-refractivity contribution in [3.8, 4) is 5.75 Å². The number of thioether (sulfide) groups is 1. The van der Waals surface area contributed by atoms with E-state index < -0.39 is 97.5 Å². The molecule has 2 aliphatic rings. The number of hydrogen-bond donors (Lipinski definition) is 10. The number of nitrogens with one attached hydrogen (secondary N) is 4. The van der Waals surface area contributed by atoms with Crippen LogP contribution < -0.4 is 27.0 Å². The van der Waals surface area contributed by atoms with Gasteiger partial charge in [0.2, 0.25) is 29.5 Å². The Labute approximate surface area is 317 Å². The second kappa shape index (κ2) is 20.4. The summed E-state index contributed by atoms with van der Waals surface area (Å²) in [5, 5.41) is 60.0. The van der Waals surface area contributed by atoms with Crippen molar-refractivity contribution >= 4 is 41.3 Å². The van der Waals surface area contributed by atoms with Crippen molar-refractivity contribution in [2.75, 3.05) is 31.7 Å². The molecule has 2 aliphatic heterocycles. The molecule has 0 spiro atoms. The van der Waals surface area contributed by atoms with Crippen LogP contribution in [0.4, 0.5) is 0 Å². The zero-order valence-corrected chi connectivity index (χ0v) is 30.7. The van der Waals surface area contributed by atoms with E-state index in [0.29, 0.717) is 23.3 Å². The summed E-state index contributed by atoms with van der Waals surface area (Å²) in [7, 11) is 0. The van der Waals surface area contributed by atoms with Gasteiger partial charge in [-0.25, -0.2) is 0 Å². The minimum atomic E-state index is -1.71. The fourth-order valence-electron chi connectivity index (χ4n) is 6.31. The number of hydrogen-bond acceptors (Lipinski definition) is 13. The lowest BCUT2D eigenvalue weighted by molar-refractivity contribution is -0.236. The quantitative estimate of drug-likeness (QED) is 0.0782. The molecule has 2 fully saturated rings. The molecule has 4 rings (SSSR count). The SMILES string of the molecule is CSCC[C@@H](NC(=O)[C@@H](N)Cc1ccc(O)cc1)C(=O)NCC(=O)N[C@@H](Cc1ccccc1)C(=O)N1CCC[C@H]1C(=O)N[C@@H]1O[C@H](CO)[C@H](O)[C@H](O)[C@H]1O. The summed E-state index contributed by atoms with van der Waals surface area (Å²) in [4.78, 5) is 68.2. The number of phenols is 1. The molecule has 2 aromatic rings. The third kappa shape index (κ3) is 11.6. The second-order valence-electron chi connectivity index (χ2n) is 13.3. The van der Waals surface area contributed by atoms with E-state index in [4.69, 9.17) is 10.5 Å². The van der Waals surface area contributed by atoms with Gasteiger partial charge >= 0.3 is 0 Å². The Kier molecular flexibility index (Phi) is 16.0. The molecule has 0 saturated carbocycles. The number of ether oxygens (including phenoxy) is 1. The lowest BCUT2D eigenvalue weighted by atomic mass is 9.98. The highest BCUT2D eigenvalue weighted by Crippen LogP contribution is 2.23. The van der Waals surface area contributed by atoms with Crippen molar-refractivity contribution < 1.29 is 54.2 Å². The molecule has 2 saturated heterocycles. The number of nitrogens with zero attached hydrogens (tertiary/aromatic N) is 1. The van der Waals surface area contributed by atoms with E-state index in [1.807, 2.05) is 6.26 Å². The number of aliphatic hydroxyl groups excluding tert-OH is 4. The fraction of sp³-hybridized carbons (Fsp3) is 0.528. The first kappa shape index (κ1) is 42.4. The lowest BCUT2D eigenvalue weighted by Gasteiger charge is -2.40. The molecule has 5 amide bonds. The first-order valence-electron chi connectivity index (χ1n) is 17.7. The number of nitrogens with two attached hydrogens (primary N) is 1. The number of carbonyl (C=O) groups is 5. The number of rotatable bonds is 17. The standard InChI is InChI=1S/C36H50N6O11S/c1-54-15-13-24(40-32(49)23(37)16-21-9-11-22(44)12-10-21)33(50)38-18-28(45)39-25(17-20-6-3-2-4-7-20)36(52)42-14-5-8-26(42)34(51)41-35-31(48)30(47)29(46)27(19-43)53-35/h2-4,6-7,9-12,23-27,29-31,35,43-44,46-48H,5,8,13-19,37H2,1H3,(H,38,50)(H,39,45)(H,40,49)(H,41,51)/t23-,24+,25-,26-,27+,29-,30-,31+,35+/m0/s1. The molecule has 11 N–H and O–H groups in total. The van der Waals surface area contributed by atoms with Gasteiger partial charge in [0, 0.05) is 13.0 Å². The van der Waals surface area contributed by atoms with Gasteiger partial charge in [0.15, 0.2) is 6.23 Å². The molecule has 17 nitrogen and oxygen atoms in total. The third-order valence-electron chi connectivity index (χ3n) is 9.33. The zero-order chi connectivity index (χ0) is 39.4. The monoisotopic (exact) mass is 774 g/mol. The first-order valence-corrected chi connectivity index (χ1v) is 19.1. The molecular formula is C36H50N6O11S. The van der Waals surface area contributed by atoms with E-state index in [-0.39, 0.29) is 38.0 Å². The van der Waals surface area contributed by atoms with Gasteiger partial charge in [-0.2, -0.15) is 11.8 Å². The second-order valence-corrected chi connectivity index (χ2v) is 14.3. The molecule has 9 atom stereocenters. The van der Waals surface area contributed by atoms with Gasteiger partial charge in [0.1, 0.15) is 48.3 Å². The van der Waals surface area contributed by atoms with Gasteiger partial charge in [-0.15, -0.1) is 0 Å². The number of amides is 5. The Morgan fingerprint density at radius 2 is 1.59 bits per heavy atom. The molecule has 296 valence electrons. The average molecular weight is 775 g/mol. The lowest BCUT2D eigenvalue weighted by Crippen LogP contribution is -2.64. The molecule has 2 heterocycles. The van der Waals surface area contributed by atoms with Crippen LogP contribution in [0.25, 0.3) is 0 Å². The van der Waals surface area contributed by atoms with E-state index in [0.717, 1.165) is 0 Å². The van der Waals surface area contributed by atoms with Crippen LogP contribution >= 0.6 is 11.8 Å². The van der Waals surface area contributed by atoms with Crippen molar-refractivity contribution in [2.24, 2.45) is 5.73 Å². The Morgan fingerprint density at radius 3 is 2.26 bits per heavy atom. The molecule has 18 heteroatoms. The summed E-state index contributed by atoms with van der Waals surface area (Å²) < 4.78 is 5.41. The van der Waals surface area contributed by atoms with E-state index in [1.165, 1.54) is 28.8 Å². The normalized spacial score (nSPS) is 24.1. The van der Waals surface area contributed by atoms with Crippen LogP contribution in [-0.2, 0) is 41.6 Å². The number of phenolic OH excluding ortho intramolecular Hbond substituents is 1. The highest BCUT2D eigenvalue weighted by Gasteiger charge is 2.46. The Bertz CT molecular complexity index is 1570. The Morgan fingerprint density at radius 1 is 0.907 bits per heavy atom. The average Bonchev–Trinajstić information content (AvgIpc) is 3.67. The maximum absolute atomic E-state index is 14.0. The van der Waals surface area contributed by atoms with Crippen LogP contribution in [0.2, 0.25) is 0 Å². The molecule has 0 unspecified atom stereocenters. The number of likely N-dealkylation sites (tertiary alicyclic amines) is 1. The summed E-state index contributed by atoms with van der Waals surface area (Å²) in [6.45, 7) is -1.03. The largest absolute Gasteiger partial charge is 0.508 e. The van der Waals surface area contributed by atoms with Crippen molar-refractivity contribution in [1.29, 1.82) is 0 Å². The smallest absolute Gasteiger partial charge is 0.246 e. The molecule has 0 aromatic heterocycles. The van der Waals surface area contributed by atoms with Crippen molar-refractivity contribution in [3.05, 3.63) is 65.7 Å². The highest BCUT2D eigenvalue weighted by molar-refractivity contribution is 7.98. The minimum Gasteiger partial charge on any atom is -0.508 e. The predicted octanol–water partition coefficient (Wildman–Crippen LogP) is -2.75. The number of aromatic hydroxyl groups is 1. The van der Waals surface area contributed by atoms with E-state index in [1.54, 1.807) is 42.5 Å². The molecule has 2 aromatic carbocycles. The van der Waals surface area contributed by atoms with Gasteiger partial charge in [-0.3, -0.25) is 24.0 Å². The number of aliphatic hydroxyl groups is 4. The molecule has 0 bridgehead atoms. The maximum Gasteiger partial charge on any atom is 0.246 e.